The summed E-state index contributed by atoms with van der Waals surface area (Å²) in [6.07, 6.45) is 1.15. The van der Waals surface area contributed by atoms with Crippen molar-refractivity contribution in [2.75, 3.05) is 13.2 Å². The second kappa shape index (κ2) is 7.51. The van der Waals surface area contributed by atoms with Gasteiger partial charge in [0.2, 0.25) is 0 Å². The van der Waals surface area contributed by atoms with Crippen LogP contribution in [0.4, 0.5) is 0 Å². The van der Waals surface area contributed by atoms with Crippen molar-refractivity contribution in [3.63, 3.8) is 0 Å². The van der Waals surface area contributed by atoms with Gasteiger partial charge in [0, 0.05) is 6.54 Å². The summed E-state index contributed by atoms with van der Waals surface area (Å²) >= 11 is 3.52. The van der Waals surface area contributed by atoms with E-state index in [1.54, 1.807) is 0 Å². The standard InChI is InChI=1S/C14H20BrNO/c1-4-7-16-9-12-5-6-14(13(15)8-12)17-10-11(2)3/h5-6,8,16H,2,4,7,9-10H2,1,3H3. The lowest BCUT2D eigenvalue weighted by Gasteiger charge is -2.10. The first-order valence-corrected chi connectivity index (χ1v) is 6.69. The molecule has 0 aliphatic rings. The summed E-state index contributed by atoms with van der Waals surface area (Å²) in [7, 11) is 0. The van der Waals surface area contributed by atoms with Gasteiger partial charge in [0.1, 0.15) is 12.4 Å². The largest absolute Gasteiger partial charge is 0.488 e. The lowest BCUT2D eigenvalue weighted by molar-refractivity contribution is 0.350. The van der Waals surface area contributed by atoms with Gasteiger partial charge in [0.25, 0.3) is 0 Å². The highest BCUT2D eigenvalue weighted by Crippen LogP contribution is 2.26. The maximum absolute atomic E-state index is 5.61. The van der Waals surface area contributed by atoms with Crippen molar-refractivity contribution in [1.29, 1.82) is 0 Å². The predicted molar refractivity (Wildman–Crippen MR) is 76.4 cm³/mol. The molecule has 2 nitrogen and oxygen atoms in total. The zero-order valence-corrected chi connectivity index (χ0v) is 12.1. The topological polar surface area (TPSA) is 21.3 Å². The molecule has 1 N–H and O–H groups in total. The van der Waals surface area contributed by atoms with Crippen LogP contribution < -0.4 is 10.1 Å². The second-order valence-corrected chi connectivity index (χ2v) is 5.04. The fraction of sp³-hybridized carbons (Fsp3) is 0.429. The first kappa shape index (κ1) is 14.3. The van der Waals surface area contributed by atoms with Crippen molar-refractivity contribution in [3.05, 3.63) is 40.4 Å². The van der Waals surface area contributed by atoms with Crippen molar-refractivity contribution in [2.45, 2.75) is 26.8 Å². The smallest absolute Gasteiger partial charge is 0.133 e. The Bertz CT molecular complexity index is 376. The number of ether oxygens (including phenoxy) is 1. The van der Waals surface area contributed by atoms with Gasteiger partial charge in [-0.25, -0.2) is 0 Å². The predicted octanol–water partition coefficient (Wildman–Crippen LogP) is 3.90. The highest BCUT2D eigenvalue weighted by Gasteiger charge is 2.02. The number of benzene rings is 1. The van der Waals surface area contributed by atoms with Crippen LogP contribution >= 0.6 is 15.9 Å². The summed E-state index contributed by atoms with van der Waals surface area (Å²) in [5, 5.41) is 3.37. The van der Waals surface area contributed by atoms with E-state index in [4.69, 9.17) is 4.74 Å². The normalized spacial score (nSPS) is 10.3. The minimum absolute atomic E-state index is 0.562. The maximum atomic E-state index is 5.61. The van der Waals surface area contributed by atoms with E-state index in [-0.39, 0.29) is 0 Å². The molecule has 0 saturated heterocycles. The monoisotopic (exact) mass is 297 g/mol. The third-order valence-electron chi connectivity index (χ3n) is 2.23. The molecule has 0 bridgehead atoms. The van der Waals surface area contributed by atoms with E-state index in [9.17, 15) is 0 Å². The molecule has 0 aliphatic heterocycles. The minimum Gasteiger partial charge on any atom is -0.488 e. The molecule has 0 aromatic heterocycles. The molecule has 0 aliphatic carbocycles. The molecule has 3 heteroatoms. The van der Waals surface area contributed by atoms with E-state index in [1.807, 2.05) is 13.0 Å². The van der Waals surface area contributed by atoms with E-state index in [2.05, 4.69) is 46.9 Å². The quantitative estimate of drug-likeness (QED) is 0.609. The van der Waals surface area contributed by atoms with Gasteiger partial charge in [-0.05, 0) is 59.1 Å². The molecule has 94 valence electrons. The Morgan fingerprint density at radius 1 is 1.47 bits per heavy atom. The van der Waals surface area contributed by atoms with Crippen LogP contribution in [0.3, 0.4) is 0 Å². The fourth-order valence-corrected chi connectivity index (χ4v) is 1.92. The zero-order chi connectivity index (χ0) is 12.7. The highest BCUT2D eigenvalue weighted by molar-refractivity contribution is 9.10. The molecule has 1 aromatic rings. The van der Waals surface area contributed by atoms with Crippen molar-refractivity contribution in [3.8, 4) is 5.75 Å². The summed E-state index contributed by atoms with van der Waals surface area (Å²) in [4.78, 5) is 0. The molecule has 17 heavy (non-hydrogen) atoms. The maximum Gasteiger partial charge on any atom is 0.133 e. The Morgan fingerprint density at radius 2 is 2.24 bits per heavy atom. The van der Waals surface area contributed by atoms with E-state index >= 15 is 0 Å². The van der Waals surface area contributed by atoms with Gasteiger partial charge < -0.3 is 10.1 Å². The van der Waals surface area contributed by atoms with Crippen LogP contribution in [0.15, 0.2) is 34.8 Å². The highest BCUT2D eigenvalue weighted by atomic mass is 79.9. The third-order valence-corrected chi connectivity index (χ3v) is 2.85. The van der Waals surface area contributed by atoms with E-state index in [1.165, 1.54) is 5.56 Å². The van der Waals surface area contributed by atoms with Crippen LogP contribution in [0.1, 0.15) is 25.8 Å². The molecule has 0 saturated carbocycles. The lowest BCUT2D eigenvalue weighted by Crippen LogP contribution is -2.13. The molecule has 0 unspecified atom stereocenters. The number of halogens is 1. The molecule has 0 amide bonds. The molecule has 0 spiro atoms. The van der Waals surface area contributed by atoms with E-state index in [0.29, 0.717) is 6.61 Å². The van der Waals surface area contributed by atoms with Gasteiger partial charge in [-0.2, -0.15) is 0 Å². The number of hydrogen-bond acceptors (Lipinski definition) is 2. The molecule has 0 heterocycles. The molecular formula is C14H20BrNO. The van der Waals surface area contributed by atoms with Crippen molar-refractivity contribution >= 4 is 15.9 Å². The second-order valence-electron chi connectivity index (χ2n) is 4.19. The minimum atomic E-state index is 0.562. The lowest BCUT2D eigenvalue weighted by atomic mass is 10.2. The van der Waals surface area contributed by atoms with E-state index < -0.39 is 0 Å². The van der Waals surface area contributed by atoms with Crippen LogP contribution in [-0.4, -0.2) is 13.2 Å². The average Bonchev–Trinajstić information content (AvgIpc) is 2.28. The van der Waals surface area contributed by atoms with Crippen molar-refractivity contribution < 1.29 is 4.74 Å². The molecule has 1 aromatic carbocycles. The van der Waals surface area contributed by atoms with Crippen LogP contribution in [-0.2, 0) is 6.54 Å². The molecule has 0 atom stereocenters. The van der Waals surface area contributed by atoms with E-state index in [0.717, 1.165) is 35.3 Å². The van der Waals surface area contributed by atoms with Crippen LogP contribution in [0, 0.1) is 0 Å². The van der Waals surface area contributed by atoms with Crippen LogP contribution in [0.2, 0.25) is 0 Å². The Hall–Kier alpha value is -0.800. The van der Waals surface area contributed by atoms with Crippen molar-refractivity contribution in [1.82, 2.24) is 5.32 Å². The average molecular weight is 298 g/mol. The van der Waals surface area contributed by atoms with Gasteiger partial charge in [0.15, 0.2) is 0 Å². The summed E-state index contributed by atoms with van der Waals surface area (Å²) in [6.45, 7) is 10.4. The SMILES string of the molecule is C=C(C)COc1ccc(CNCCC)cc1Br. The number of rotatable bonds is 7. The first-order chi connectivity index (χ1) is 8.13. The summed E-state index contributed by atoms with van der Waals surface area (Å²) in [5.74, 6) is 0.868. The first-order valence-electron chi connectivity index (χ1n) is 5.89. The molecule has 0 fully saturated rings. The van der Waals surface area contributed by atoms with Gasteiger partial charge >= 0.3 is 0 Å². The molecular weight excluding hydrogens is 278 g/mol. The van der Waals surface area contributed by atoms with Gasteiger partial charge in [0.05, 0.1) is 4.47 Å². The van der Waals surface area contributed by atoms with Gasteiger partial charge in [-0.15, -0.1) is 0 Å². The van der Waals surface area contributed by atoms with Crippen molar-refractivity contribution in [2.24, 2.45) is 0 Å². The van der Waals surface area contributed by atoms with Gasteiger partial charge in [-0.1, -0.05) is 19.6 Å². The number of nitrogens with one attached hydrogen (secondary N) is 1. The Balaban J connectivity index is 2.56. The molecule has 1 rings (SSSR count). The third kappa shape index (κ3) is 5.37. The summed E-state index contributed by atoms with van der Waals surface area (Å²) < 4.78 is 6.61. The Morgan fingerprint density at radius 3 is 2.82 bits per heavy atom. The Labute approximate surface area is 112 Å². The van der Waals surface area contributed by atoms with Crippen LogP contribution in [0.25, 0.3) is 0 Å². The Kier molecular flexibility index (Phi) is 6.30. The summed E-state index contributed by atoms with van der Waals surface area (Å²) in [6, 6.07) is 6.17. The number of hydrogen-bond donors (Lipinski definition) is 1. The van der Waals surface area contributed by atoms with Gasteiger partial charge in [-0.3, -0.25) is 0 Å². The zero-order valence-electron chi connectivity index (χ0n) is 10.6. The summed E-state index contributed by atoms with van der Waals surface area (Å²) in [5.41, 5.74) is 2.28. The molecule has 0 radical (unpaired) electrons. The fourth-order valence-electron chi connectivity index (χ4n) is 1.38. The van der Waals surface area contributed by atoms with Crippen LogP contribution in [0.5, 0.6) is 5.75 Å².